The average molecular weight is 359 g/mol. The van der Waals surface area contributed by atoms with Crippen molar-refractivity contribution in [2.75, 3.05) is 33.0 Å². The van der Waals surface area contributed by atoms with E-state index < -0.39 is 0 Å². The fraction of sp³-hybridized carbons (Fsp3) is 0.650. The van der Waals surface area contributed by atoms with Crippen LogP contribution in [0.15, 0.2) is 12.1 Å². The van der Waals surface area contributed by atoms with Gasteiger partial charge in [0.15, 0.2) is 11.5 Å². The van der Waals surface area contributed by atoms with E-state index in [0.717, 1.165) is 56.9 Å². The lowest BCUT2D eigenvalue weighted by molar-refractivity contribution is -0.141. The third-order valence-electron chi connectivity index (χ3n) is 6.06. The third kappa shape index (κ3) is 3.40. The molecule has 142 valence electrons. The molecule has 1 aromatic carbocycles. The van der Waals surface area contributed by atoms with Gasteiger partial charge in [-0.25, -0.2) is 0 Å². The minimum atomic E-state index is 0.318. The summed E-state index contributed by atoms with van der Waals surface area (Å²) < 4.78 is 11.0. The number of benzene rings is 1. The number of aryl methyl sites for hydroxylation is 1. The Kier molecular flexibility index (Phi) is 5.05. The van der Waals surface area contributed by atoms with Gasteiger partial charge in [0.25, 0.3) is 0 Å². The maximum Gasteiger partial charge on any atom is 0.231 e. The zero-order chi connectivity index (χ0) is 18.1. The van der Waals surface area contributed by atoms with Crippen molar-refractivity contribution in [3.63, 3.8) is 0 Å². The highest BCUT2D eigenvalue weighted by Gasteiger charge is 2.38. The van der Waals surface area contributed by atoms with E-state index >= 15 is 0 Å². The molecule has 0 radical (unpaired) electrons. The molecule has 3 heterocycles. The third-order valence-corrected chi connectivity index (χ3v) is 6.06. The van der Waals surface area contributed by atoms with Crippen LogP contribution in [-0.2, 0) is 11.3 Å². The Morgan fingerprint density at radius 2 is 2.04 bits per heavy atom. The Hall–Kier alpha value is -1.79. The fourth-order valence-electron chi connectivity index (χ4n) is 4.62. The molecular weight excluding hydrogens is 330 g/mol. The van der Waals surface area contributed by atoms with Crippen LogP contribution in [0.2, 0.25) is 0 Å². The minimum Gasteiger partial charge on any atom is -0.454 e. The van der Waals surface area contributed by atoms with E-state index in [4.69, 9.17) is 15.2 Å². The topological polar surface area (TPSA) is 68.0 Å². The summed E-state index contributed by atoms with van der Waals surface area (Å²) >= 11 is 0. The van der Waals surface area contributed by atoms with Gasteiger partial charge in [0.1, 0.15) is 0 Å². The minimum absolute atomic E-state index is 0.318. The molecule has 2 N–H and O–H groups in total. The predicted octanol–water partition coefficient (Wildman–Crippen LogP) is 1.89. The second-order valence-corrected chi connectivity index (χ2v) is 7.75. The molecule has 2 fully saturated rings. The van der Waals surface area contributed by atoms with Gasteiger partial charge in [0.2, 0.25) is 12.7 Å². The molecule has 0 unspecified atom stereocenters. The summed E-state index contributed by atoms with van der Waals surface area (Å²) in [4.78, 5) is 17.0. The largest absolute Gasteiger partial charge is 0.454 e. The Morgan fingerprint density at radius 3 is 2.85 bits per heavy atom. The molecule has 6 heteroatoms. The Balaban J connectivity index is 1.42. The molecule has 3 aliphatic heterocycles. The lowest BCUT2D eigenvalue weighted by Gasteiger charge is -2.47. The van der Waals surface area contributed by atoms with Gasteiger partial charge in [0.05, 0.1) is 0 Å². The number of amides is 1. The SMILES string of the molecule is Cc1cc2c(cc1CN1CC[C@@H]3[C@@H](CCC(=O)N3CCCN)C1)OCO2. The van der Waals surface area contributed by atoms with E-state index in [0.29, 0.717) is 37.6 Å². The zero-order valence-corrected chi connectivity index (χ0v) is 15.6. The van der Waals surface area contributed by atoms with E-state index in [2.05, 4.69) is 28.9 Å². The van der Waals surface area contributed by atoms with Crippen molar-refractivity contribution in [1.29, 1.82) is 0 Å². The van der Waals surface area contributed by atoms with Crippen LogP contribution in [0.5, 0.6) is 11.5 Å². The van der Waals surface area contributed by atoms with Crippen molar-refractivity contribution < 1.29 is 14.3 Å². The summed E-state index contributed by atoms with van der Waals surface area (Å²) in [6, 6.07) is 4.61. The van der Waals surface area contributed by atoms with Crippen LogP contribution in [0.3, 0.4) is 0 Å². The monoisotopic (exact) mass is 359 g/mol. The average Bonchev–Trinajstić information content (AvgIpc) is 3.08. The first-order valence-electron chi connectivity index (χ1n) is 9.76. The summed E-state index contributed by atoms with van der Waals surface area (Å²) in [5.74, 6) is 2.61. The second-order valence-electron chi connectivity index (χ2n) is 7.75. The van der Waals surface area contributed by atoms with Crippen LogP contribution in [0.25, 0.3) is 0 Å². The summed E-state index contributed by atoms with van der Waals surface area (Å²) in [7, 11) is 0. The number of hydrogen-bond donors (Lipinski definition) is 1. The number of nitrogens with zero attached hydrogens (tertiary/aromatic N) is 2. The van der Waals surface area contributed by atoms with Crippen LogP contribution in [0, 0.1) is 12.8 Å². The van der Waals surface area contributed by atoms with Gasteiger partial charge >= 0.3 is 0 Å². The lowest BCUT2D eigenvalue weighted by atomic mass is 9.83. The molecule has 1 aromatic rings. The van der Waals surface area contributed by atoms with E-state index in [1.54, 1.807) is 0 Å². The molecule has 0 spiro atoms. The number of rotatable bonds is 5. The zero-order valence-electron chi connectivity index (χ0n) is 15.6. The summed E-state index contributed by atoms with van der Waals surface area (Å²) in [5.41, 5.74) is 8.21. The smallest absolute Gasteiger partial charge is 0.231 e. The highest BCUT2D eigenvalue weighted by molar-refractivity contribution is 5.77. The normalized spacial score (nSPS) is 25.5. The van der Waals surface area contributed by atoms with Crippen LogP contribution < -0.4 is 15.2 Å². The first kappa shape index (κ1) is 17.6. The van der Waals surface area contributed by atoms with Gasteiger partial charge in [-0.3, -0.25) is 9.69 Å². The number of likely N-dealkylation sites (tertiary alicyclic amines) is 2. The van der Waals surface area contributed by atoms with Crippen LogP contribution in [-0.4, -0.2) is 54.7 Å². The first-order valence-corrected chi connectivity index (χ1v) is 9.76. The van der Waals surface area contributed by atoms with Crippen molar-refractivity contribution >= 4 is 5.91 Å². The van der Waals surface area contributed by atoms with E-state index in [1.165, 1.54) is 11.1 Å². The molecule has 0 bridgehead atoms. The van der Waals surface area contributed by atoms with Gasteiger partial charge in [-0.1, -0.05) is 0 Å². The van der Waals surface area contributed by atoms with Crippen molar-refractivity contribution in [2.24, 2.45) is 11.7 Å². The summed E-state index contributed by atoms with van der Waals surface area (Å²) in [6.07, 6.45) is 3.65. The maximum absolute atomic E-state index is 12.3. The molecule has 2 atom stereocenters. The quantitative estimate of drug-likeness (QED) is 0.869. The van der Waals surface area contributed by atoms with Crippen LogP contribution in [0.4, 0.5) is 0 Å². The number of nitrogens with two attached hydrogens (primary N) is 1. The van der Waals surface area contributed by atoms with Gasteiger partial charge in [-0.15, -0.1) is 0 Å². The molecule has 0 aromatic heterocycles. The van der Waals surface area contributed by atoms with Gasteiger partial charge in [0, 0.05) is 38.6 Å². The standard InChI is InChI=1S/C20H29N3O3/c1-14-9-18-19(26-13-25-18)10-16(14)12-22-8-5-17-15(11-22)3-4-20(24)23(17)7-2-6-21/h9-10,15,17H,2-8,11-13,21H2,1H3/t15-,17+/m0/s1. The summed E-state index contributed by atoms with van der Waals surface area (Å²) in [6.45, 7) is 6.94. The molecule has 3 aliphatic rings. The highest BCUT2D eigenvalue weighted by atomic mass is 16.7. The Bertz CT molecular complexity index is 679. The number of carbonyl (C=O) groups excluding carboxylic acids is 1. The highest BCUT2D eigenvalue weighted by Crippen LogP contribution is 2.36. The molecule has 0 aliphatic carbocycles. The predicted molar refractivity (Wildman–Crippen MR) is 99.1 cm³/mol. The van der Waals surface area contributed by atoms with E-state index in [-0.39, 0.29) is 0 Å². The molecule has 0 saturated carbocycles. The van der Waals surface area contributed by atoms with Crippen molar-refractivity contribution in [3.05, 3.63) is 23.3 Å². The maximum atomic E-state index is 12.3. The first-order chi connectivity index (χ1) is 12.7. The van der Waals surface area contributed by atoms with Crippen molar-refractivity contribution in [3.8, 4) is 11.5 Å². The lowest BCUT2D eigenvalue weighted by Crippen LogP contribution is -2.56. The molecule has 26 heavy (non-hydrogen) atoms. The van der Waals surface area contributed by atoms with E-state index in [1.807, 2.05) is 0 Å². The summed E-state index contributed by atoms with van der Waals surface area (Å²) in [5, 5.41) is 0. The molecule has 4 rings (SSSR count). The molecule has 6 nitrogen and oxygen atoms in total. The fourth-order valence-corrected chi connectivity index (χ4v) is 4.62. The van der Waals surface area contributed by atoms with Gasteiger partial charge < -0.3 is 20.1 Å². The number of piperidine rings is 2. The Labute approximate surface area is 155 Å². The number of carbonyl (C=O) groups is 1. The van der Waals surface area contributed by atoms with E-state index in [9.17, 15) is 4.79 Å². The molecule has 2 saturated heterocycles. The van der Waals surface area contributed by atoms with Crippen molar-refractivity contribution in [2.45, 2.75) is 45.2 Å². The van der Waals surface area contributed by atoms with Crippen LogP contribution in [0.1, 0.15) is 36.8 Å². The van der Waals surface area contributed by atoms with Crippen LogP contribution >= 0.6 is 0 Å². The van der Waals surface area contributed by atoms with Crippen molar-refractivity contribution in [1.82, 2.24) is 9.80 Å². The number of fused-ring (bicyclic) bond motifs is 2. The van der Waals surface area contributed by atoms with Gasteiger partial charge in [-0.05, 0) is 61.9 Å². The molecule has 1 amide bonds. The number of ether oxygens (including phenoxy) is 2. The second kappa shape index (κ2) is 7.45. The Morgan fingerprint density at radius 1 is 1.23 bits per heavy atom. The molecular formula is C20H29N3O3. The van der Waals surface area contributed by atoms with Gasteiger partial charge in [-0.2, -0.15) is 0 Å². The number of hydrogen-bond acceptors (Lipinski definition) is 5.